The molecule has 6 heteroatoms. The SMILES string of the molecule is Cc1cc(OCc2nc(-c3ccncc3)no2)ccc1Cl. The second kappa shape index (κ2) is 5.93. The number of aryl methyl sites for hydroxylation is 1. The monoisotopic (exact) mass is 301 g/mol. The predicted octanol–water partition coefficient (Wildman–Crippen LogP) is 3.67. The molecule has 1 aromatic carbocycles. The molecule has 0 radical (unpaired) electrons. The van der Waals surface area contributed by atoms with E-state index in [-0.39, 0.29) is 6.61 Å². The van der Waals surface area contributed by atoms with Crippen molar-refractivity contribution in [1.29, 1.82) is 0 Å². The number of hydrogen-bond acceptors (Lipinski definition) is 5. The first-order valence-electron chi connectivity index (χ1n) is 6.34. The van der Waals surface area contributed by atoms with Crippen LogP contribution in [-0.4, -0.2) is 15.1 Å². The summed E-state index contributed by atoms with van der Waals surface area (Å²) in [6.45, 7) is 2.13. The quantitative estimate of drug-likeness (QED) is 0.735. The highest BCUT2D eigenvalue weighted by atomic mass is 35.5. The Balaban J connectivity index is 1.69. The third kappa shape index (κ3) is 3.20. The number of rotatable bonds is 4. The van der Waals surface area contributed by atoms with Crippen molar-refractivity contribution >= 4 is 11.6 Å². The van der Waals surface area contributed by atoms with Gasteiger partial charge in [0.15, 0.2) is 6.61 Å². The van der Waals surface area contributed by atoms with Crippen LogP contribution in [0.3, 0.4) is 0 Å². The number of benzene rings is 1. The van der Waals surface area contributed by atoms with Crippen molar-refractivity contribution in [3.05, 3.63) is 59.2 Å². The fourth-order valence-corrected chi connectivity index (χ4v) is 1.90. The lowest BCUT2D eigenvalue weighted by Gasteiger charge is -2.04. The highest BCUT2D eigenvalue weighted by Crippen LogP contribution is 2.22. The molecule has 106 valence electrons. The number of halogens is 1. The van der Waals surface area contributed by atoms with Crippen molar-refractivity contribution < 1.29 is 9.26 Å². The lowest BCUT2D eigenvalue weighted by molar-refractivity contribution is 0.243. The van der Waals surface area contributed by atoms with Crippen LogP contribution in [0.2, 0.25) is 5.02 Å². The average Bonchev–Trinajstić information content (AvgIpc) is 2.98. The first-order valence-corrected chi connectivity index (χ1v) is 6.72. The highest BCUT2D eigenvalue weighted by Gasteiger charge is 2.09. The molecule has 0 unspecified atom stereocenters. The Morgan fingerprint density at radius 1 is 1.19 bits per heavy atom. The van der Waals surface area contributed by atoms with Crippen LogP contribution in [0.4, 0.5) is 0 Å². The molecule has 0 saturated heterocycles. The van der Waals surface area contributed by atoms with E-state index in [1.54, 1.807) is 24.5 Å². The Labute approximate surface area is 126 Å². The Bertz CT molecular complexity index is 744. The van der Waals surface area contributed by atoms with Crippen LogP contribution in [0.1, 0.15) is 11.5 Å². The average molecular weight is 302 g/mol. The molecule has 2 aromatic heterocycles. The van der Waals surface area contributed by atoms with Crippen molar-refractivity contribution in [2.24, 2.45) is 0 Å². The Morgan fingerprint density at radius 2 is 2.00 bits per heavy atom. The molecule has 0 amide bonds. The molecular weight excluding hydrogens is 290 g/mol. The molecule has 3 rings (SSSR count). The van der Waals surface area contributed by atoms with Gasteiger partial charge >= 0.3 is 0 Å². The zero-order valence-electron chi connectivity index (χ0n) is 11.3. The van der Waals surface area contributed by atoms with Gasteiger partial charge in [0.05, 0.1) is 0 Å². The van der Waals surface area contributed by atoms with Crippen LogP contribution >= 0.6 is 11.6 Å². The van der Waals surface area contributed by atoms with Crippen LogP contribution in [0, 0.1) is 6.92 Å². The molecule has 2 heterocycles. The number of nitrogens with zero attached hydrogens (tertiary/aromatic N) is 3. The number of pyridine rings is 1. The van der Waals surface area contributed by atoms with Crippen LogP contribution in [0.25, 0.3) is 11.4 Å². The molecule has 0 aliphatic carbocycles. The minimum absolute atomic E-state index is 0.207. The van der Waals surface area contributed by atoms with Gasteiger partial charge in [0.25, 0.3) is 5.89 Å². The van der Waals surface area contributed by atoms with Gasteiger partial charge in [-0.3, -0.25) is 4.98 Å². The topological polar surface area (TPSA) is 61.0 Å². The molecule has 5 nitrogen and oxygen atoms in total. The van der Waals surface area contributed by atoms with E-state index < -0.39 is 0 Å². The molecule has 3 aromatic rings. The normalized spacial score (nSPS) is 10.6. The molecule has 0 bridgehead atoms. The Hall–Kier alpha value is -2.40. The molecule has 0 aliphatic heterocycles. The van der Waals surface area contributed by atoms with E-state index >= 15 is 0 Å². The lowest BCUT2D eigenvalue weighted by Crippen LogP contribution is -1.96. The van der Waals surface area contributed by atoms with E-state index in [0.717, 1.165) is 11.1 Å². The summed E-state index contributed by atoms with van der Waals surface area (Å²) in [6, 6.07) is 9.09. The molecule has 0 fully saturated rings. The Morgan fingerprint density at radius 3 is 2.76 bits per heavy atom. The molecule has 0 atom stereocenters. The van der Waals surface area contributed by atoms with Gasteiger partial charge in [-0.2, -0.15) is 4.98 Å². The molecule has 0 spiro atoms. The zero-order chi connectivity index (χ0) is 14.7. The first-order chi connectivity index (χ1) is 10.2. The van der Waals surface area contributed by atoms with Gasteiger partial charge in [-0.15, -0.1) is 0 Å². The van der Waals surface area contributed by atoms with Crippen molar-refractivity contribution in [1.82, 2.24) is 15.1 Å². The standard InChI is InChI=1S/C15H12ClN3O2/c1-10-8-12(2-3-13(10)16)20-9-14-18-15(19-21-14)11-4-6-17-7-5-11/h2-8H,9H2,1H3. The van der Waals surface area contributed by atoms with Crippen LogP contribution in [0.15, 0.2) is 47.2 Å². The fraction of sp³-hybridized carbons (Fsp3) is 0.133. The Kier molecular flexibility index (Phi) is 3.83. The second-order valence-electron chi connectivity index (χ2n) is 4.45. The van der Waals surface area contributed by atoms with Gasteiger partial charge in [-0.05, 0) is 42.8 Å². The summed E-state index contributed by atoms with van der Waals surface area (Å²) < 4.78 is 10.8. The van der Waals surface area contributed by atoms with Gasteiger partial charge in [0.1, 0.15) is 5.75 Å². The van der Waals surface area contributed by atoms with Crippen LogP contribution < -0.4 is 4.74 Å². The van der Waals surface area contributed by atoms with Gasteiger partial charge in [-0.25, -0.2) is 0 Å². The van der Waals surface area contributed by atoms with Crippen molar-refractivity contribution in [3.63, 3.8) is 0 Å². The maximum atomic E-state index is 5.97. The summed E-state index contributed by atoms with van der Waals surface area (Å²) >= 11 is 5.97. The minimum Gasteiger partial charge on any atom is -0.484 e. The summed E-state index contributed by atoms with van der Waals surface area (Å²) in [4.78, 5) is 8.23. The summed E-state index contributed by atoms with van der Waals surface area (Å²) in [7, 11) is 0. The van der Waals surface area contributed by atoms with E-state index in [1.165, 1.54) is 0 Å². The van der Waals surface area contributed by atoms with Gasteiger partial charge in [-0.1, -0.05) is 16.8 Å². The zero-order valence-corrected chi connectivity index (χ0v) is 12.0. The number of ether oxygens (including phenoxy) is 1. The molecular formula is C15H12ClN3O2. The van der Waals surface area contributed by atoms with Crippen molar-refractivity contribution in [3.8, 4) is 17.1 Å². The van der Waals surface area contributed by atoms with Gasteiger partial charge in [0, 0.05) is 23.0 Å². The maximum Gasteiger partial charge on any atom is 0.264 e. The third-order valence-electron chi connectivity index (χ3n) is 2.90. The lowest BCUT2D eigenvalue weighted by atomic mass is 10.2. The molecule has 21 heavy (non-hydrogen) atoms. The second-order valence-corrected chi connectivity index (χ2v) is 4.85. The van der Waals surface area contributed by atoms with E-state index in [4.69, 9.17) is 20.9 Å². The third-order valence-corrected chi connectivity index (χ3v) is 3.32. The molecule has 0 N–H and O–H groups in total. The minimum atomic E-state index is 0.207. The van der Waals surface area contributed by atoms with Gasteiger partial charge < -0.3 is 9.26 Å². The van der Waals surface area contributed by atoms with E-state index in [9.17, 15) is 0 Å². The van der Waals surface area contributed by atoms with Gasteiger partial charge in [0.2, 0.25) is 5.82 Å². The van der Waals surface area contributed by atoms with E-state index in [0.29, 0.717) is 22.5 Å². The van der Waals surface area contributed by atoms with Crippen LogP contribution in [-0.2, 0) is 6.61 Å². The molecule has 0 saturated carbocycles. The number of hydrogen-bond donors (Lipinski definition) is 0. The van der Waals surface area contributed by atoms with E-state index in [1.807, 2.05) is 25.1 Å². The predicted molar refractivity (Wildman–Crippen MR) is 78.1 cm³/mol. The first kappa shape index (κ1) is 13.6. The van der Waals surface area contributed by atoms with Crippen molar-refractivity contribution in [2.75, 3.05) is 0 Å². The molecule has 0 aliphatic rings. The summed E-state index contributed by atoms with van der Waals surface area (Å²) in [6.07, 6.45) is 3.36. The number of aromatic nitrogens is 3. The highest BCUT2D eigenvalue weighted by molar-refractivity contribution is 6.31. The summed E-state index contributed by atoms with van der Waals surface area (Å²) in [5.41, 5.74) is 1.81. The van der Waals surface area contributed by atoms with Crippen LogP contribution in [0.5, 0.6) is 5.75 Å². The fourth-order valence-electron chi connectivity index (χ4n) is 1.78. The summed E-state index contributed by atoms with van der Waals surface area (Å²) in [5.74, 6) is 1.64. The largest absolute Gasteiger partial charge is 0.484 e. The van der Waals surface area contributed by atoms with E-state index in [2.05, 4.69) is 15.1 Å². The van der Waals surface area contributed by atoms with Crippen molar-refractivity contribution in [2.45, 2.75) is 13.5 Å². The smallest absolute Gasteiger partial charge is 0.264 e. The maximum absolute atomic E-state index is 5.97. The summed E-state index contributed by atoms with van der Waals surface area (Å²) in [5, 5.41) is 4.62.